The van der Waals surface area contributed by atoms with Crippen molar-refractivity contribution < 1.29 is 29.2 Å². The number of fused-ring (bicyclic) bond motifs is 1. The molecule has 3 rings (SSSR count). The minimum atomic E-state index is -4.44. The second-order valence-corrected chi connectivity index (χ2v) is 10.4. The minimum Gasteiger partial charge on any atom is -0.397 e. The molecule has 1 amide bonds. The maximum Gasteiger partial charge on any atom is 0.415 e. The summed E-state index contributed by atoms with van der Waals surface area (Å²) in [6.07, 6.45) is 5.87. The van der Waals surface area contributed by atoms with Gasteiger partial charge in [0, 0.05) is 34.1 Å². The minimum absolute atomic E-state index is 0. The van der Waals surface area contributed by atoms with Gasteiger partial charge in [-0.1, -0.05) is 39.0 Å². The number of allylic oxidation sites excluding steroid dienone is 3. The Kier molecular flexibility index (Phi) is 21.9. The van der Waals surface area contributed by atoms with Gasteiger partial charge in [-0.05, 0) is 72.6 Å². The molecule has 2 heterocycles. The van der Waals surface area contributed by atoms with Crippen LogP contribution in [-0.4, -0.2) is 106 Å². The van der Waals surface area contributed by atoms with Crippen molar-refractivity contribution in [2.45, 2.75) is 72.6 Å². The van der Waals surface area contributed by atoms with Crippen LogP contribution in [0.4, 0.5) is 13.2 Å². The van der Waals surface area contributed by atoms with Gasteiger partial charge in [0.25, 0.3) is 0 Å². The SMILES string of the molecule is C.C=C.CCN(C=O)CCCN(C)C.CCNCC12CC=CNC1=NCC1(CC=C(CC)C=C1C(F)(F)F)OC2.CCO.[HH]. The van der Waals surface area contributed by atoms with Gasteiger partial charge in [0.2, 0.25) is 6.41 Å². The van der Waals surface area contributed by atoms with E-state index in [-0.39, 0.29) is 35.0 Å². The maximum absolute atomic E-state index is 13.8. The maximum atomic E-state index is 13.8. The number of halogens is 3. The van der Waals surface area contributed by atoms with Crippen LogP contribution in [0.1, 0.15) is 62.2 Å². The van der Waals surface area contributed by atoms with E-state index >= 15 is 0 Å². The van der Waals surface area contributed by atoms with E-state index in [1.54, 1.807) is 18.0 Å². The topological polar surface area (TPSA) is 89.4 Å². The van der Waals surface area contributed by atoms with Crippen molar-refractivity contribution in [1.29, 1.82) is 0 Å². The number of aliphatic hydroxyl groups excluding tert-OH is 1. The van der Waals surface area contributed by atoms with Crippen molar-refractivity contribution in [3.05, 3.63) is 48.7 Å². The Morgan fingerprint density at radius 3 is 2.37 bits per heavy atom. The molecule has 0 saturated carbocycles. The fraction of sp³-hybridized carbons (Fsp3) is 0.688. The number of aliphatic hydroxyl groups is 1. The van der Waals surface area contributed by atoms with Crippen LogP contribution in [0.25, 0.3) is 0 Å². The lowest BCUT2D eigenvalue weighted by Gasteiger charge is -2.39. The first-order valence-corrected chi connectivity index (χ1v) is 14.7. The smallest absolute Gasteiger partial charge is 0.397 e. The molecule has 0 fully saturated rings. The summed E-state index contributed by atoms with van der Waals surface area (Å²) in [6, 6.07) is 0. The molecular formula is C32H60F3N5O3. The first-order valence-electron chi connectivity index (χ1n) is 14.7. The van der Waals surface area contributed by atoms with Crippen LogP contribution in [0, 0.1) is 5.41 Å². The highest BCUT2D eigenvalue weighted by atomic mass is 19.4. The lowest BCUT2D eigenvalue weighted by atomic mass is 9.81. The second-order valence-electron chi connectivity index (χ2n) is 10.4. The number of carbonyl (C=O) groups excluding carboxylic acids is 1. The highest BCUT2D eigenvalue weighted by Gasteiger charge is 2.53. The molecule has 0 aromatic heterocycles. The number of hydrogen-bond donors (Lipinski definition) is 3. The third kappa shape index (κ3) is 13.8. The molecule has 0 bridgehead atoms. The zero-order valence-electron chi connectivity index (χ0n) is 26.5. The summed E-state index contributed by atoms with van der Waals surface area (Å²) < 4.78 is 47.5. The van der Waals surface area contributed by atoms with Gasteiger partial charge < -0.3 is 30.3 Å². The zero-order valence-corrected chi connectivity index (χ0v) is 26.5. The molecule has 0 radical (unpaired) electrons. The average Bonchev–Trinajstić information content (AvgIpc) is 3.13. The van der Waals surface area contributed by atoms with Crippen molar-refractivity contribution in [3.8, 4) is 0 Å². The molecule has 1 aliphatic carbocycles. The number of aliphatic imine (C=N–C) groups is 1. The van der Waals surface area contributed by atoms with Gasteiger partial charge in [-0.3, -0.25) is 9.79 Å². The number of nitrogens with zero attached hydrogens (tertiary/aromatic N) is 3. The van der Waals surface area contributed by atoms with Gasteiger partial charge in [-0.2, -0.15) is 13.2 Å². The average molecular weight is 620 g/mol. The summed E-state index contributed by atoms with van der Waals surface area (Å²) in [5.41, 5.74) is -1.82. The van der Waals surface area contributed by atoms with Crippen LogP contribution in [0.15, 0.2) is 53.7 Å². The van der Waals surface area contributed by atoms with E-state index in [4.69, 9.17) is 9.84 Å². The van der Waals surface area contributed by atoms with Crippen LogP contribution < -0.4 is 10.6 Å². The summed E-state index contributed by atoms with van der Waals surface area (Å²) in [5, 5.41) is 14.0. The molecule has 1 spiro atoms. The normalized spacial score (nSPS) is 22.2. The Hall–Kier alpha value is -2.47. The van der Waals surface area contributed by atoms with E-state index in [2.05, 4.69) is 33.7 Å². The van der Waals surface area contributed by atoms with Crippen LogP contribution in [0.3, 0.4) is 0 Å². The Balaban J connectivity index is -0.000000792. The molecule has 2 atom stereocenters. The number of hydrogen-bond acceptors (Lipinski definition) is 7. The van der Waals surface area contributed by atoms with Crippen molar-refractivity contribution in [2.75, 3.05) is 66.6 Å². The first-order chi connectivity index (χ1) is 20.0. The second kappa shape index (κ2) is 22.1. The van der Waals surface area contributed by atoms with Gasteiger partial charge in [0.1, 0.15) is 11.4 Å². The van der Waals surface area contributed by atoms with Crippen molar-refractivity contribution in [1.82, 2.24) is 20.4 Å². The number of rotatable bonds is 10. The fourth-order valence-corrected chi connectivity index (χ4v) is 4.64. The summed E-state index contributed by atoms with van der Waals surface area (Å²) >= 11 is 0. The first kappa shape index (κ1) is 42.7. The van der Waals surface area contributed by atoms with E-state index in [9.17, 15) is 18.0 Å². The third-order valence-corrected chi connectivity index (χ3v) is 7.01. The standard InChI is InChI=1S/C19H26F3N3O.C8H18N2O.C2H6O.C2H4.CH4.H2/c1-3-14-6-8-18(15(10-14)19(20,21)22)12-25-16-17(13-26-18,11-23-4-2)7-5-9-24-16;1-4-10(8-11)7-5-6-9(2)3;1-2-3;1-2;;/h5-6,9-10,23H,3-4,7-8,11-13H2,1-2H3,(H,24,25);8H,4-7H2,1-3H3;3H,2H2,1H3;1-2H2;1H4;1H. The highest BCUT2D eigenvalue weighted by molar-refractivity contribution is 5.90. The van der Waals surface area contributed by atoms with Gasteiger partial charge >= 0.3 is 6.18 Å². The summed E-state index contributed by atoms with van der Waals surface area (Å²) in [5.74, 6) is 0.713. The molecule has 8 nitrogen and oxygen atoms in total. The number of alkyl halides is 3. The molecule has 3 N–H and O–H groups in total. The summed E-state index contributed by atoms with van der Waals surface area (Å²) in [6.45, 7) is 18.1. The molecule has 2 aliphatic heterocycles. The van der Waals surface area contributed by atoms with Crippen LogP contribution in [0.2, 0.25) is 0 Å². The van der Waals surface area contributed by atoms with Crippen LogP contribution in [-0.2, 0) is 9.53 Å². The van der Waals surface area contributed by atoms with Crippen LogP contribution in [0.5, 0.6) is 0 Å². The fourth-order valence-electron chi connectivity index (χ4n) is 4.64. The molecule has 0 aromatic carbocycles. The molecule has 0 aromatic rings. The molecule has 0 saturated heterocycles. The predicted octanol–water partition coefficient (Wildman–Crippen LogP) is 5.58. The Bertz CT molecular complexity index is 912. The number of carbonyl (C=O) groups is 1. The van der Waals surface area contributed by atoms with Crippen molar-refractivity contribution in [3.63, 3.8) is 0 Å². The molecular weight excluding hydrogens is 559 g/mol. The highest BCUT2D eigenvalue weighted by Crippen LogP contribution is 2.45. The number of amides is 1. The summed E-state index contributed by atoms with van der Waals surface area (Å²) in [4.78, 5) is 18.8. The van der Waals surface area contributed by atoms with Gasteiger partial charge in [0.15, 0.2) is 0 Å². The molecule has 11 heteroatoms. The van der Waals surface area contributed by atoms with Gasteiger partial charge in [-0.15, -0.1) is 13.2 Å². The van der Waals surface area contributed by atoms with E-state index in [0.29, 0.717) is 30.8 Å². The lowest BCUT2D eigenvalue weighted by molar-refractivity contribution is -0.135. The van der Waals surface area contributed by atoms with Crippen molar-refractivity contribution in [2.24, 2.45) is 10.4 Å². The number of amidine groups is 1. The van der Waals surface area contributed by atoms with Crippen LogP contribution >= 0.6 is 0 Å². The molecule has 252 valence electrons. The van der Waals surface area contributed by atoms with E-state index < -0.39 is 22.8 Å². The van der Waals surface area contributed by atoms with Crippen molar-refractivity contribution >= 4 is 12.2 Å². The largest absolute Gasteiger partial charge is 0.415 e. The van der Waals surface area contributed by atoms with E-state index in [1.807, 2.05) is 47.0 Å². The monoisotopic (exact) mass is 619 g/mol. The Labute approximate surface area is 260 Å². The number of ether oxygens (including phenoxy) is 1. The Morgan fingerprint density at radius 1 is 1.21 bits per heavy atom. The van der Waals surface area contributed by atoms with E-state index in [1.165, 1.54) is 6.08 Å². The summed E-state index contributed by atoms with van der Waals surface area (Å²) in [7, 11) is 4.08. The Morgan fingerprint density at radius 2 is 1.86 bits per heavy atom. The van der Waals surface area contributed by atoms with Gasteiger partial charge in [-0.25, -0.2) is 0 Å². The molecule has 2 unspecified atom stereocenters. The third-order valence-electron chi connectivity index (χ3n) is 7.01. The zero-order chi connectivity index (χ0) is 32.2. The number of nitrogens with one attached hydrogen (secondary N) is 2. The lowest BCUT2D eigenvalue weighted by Crippen LogP contribution is -2.51. The molecule has 3 aliphatic rings. The quantitative estimate of drug-likeness (QED) is 0.219. The molecule has 43 heavy (non-hydrogen) atoms. The predicted molar refractivity (Wildman–Crippen MR) is 175 cm³/mol. The van der Waals surface area contributed by atoms with Gasteiger partial charge in [0.05, 0.1) is 24.1 Å². The van der Waals surface area contributed by atoms with E-state index in [0.717, 1.165) is 39.0 Å².